The van der Waals surface area contributed by atoms with Crippen LogP contribution in [0.3, 0.4) is 0 Å². The maximum absolute atomic E-state index is 11.5. The van der Waals surface area contributed by atoms with Gasteiger partial charge in [0.05, 0.1) is 35.5 Å². The lowest BCUT2D eigenvalue weighted by atomic mass is 9.96. The normalized spacial score (nSPS) is 17.1. The molecule has 4 aromatic rings. The predicted octanol–water partition coefficient (Wildman–Crippen LogP) is 5.58. The van der Waals surface area contributed by atoms with E-state index in [1.54, 1.807) is 25.4 Å². The third-order valence-corrected chi connectivity index (χ3v) is 7.15. The van der Waals surface area contributed by atoms with Gasteiger partial charge in [0.2, 0.25) is 0 Å². The summed E-state index contributed by atoms with van der Waals surface area (Å²) in [7, 11) is 1.57. The Kier molecular flexibility index (Phi) is 6.62. The van der Waals surface area contributed by atoms with Crippen LogP contribution in [0.4, 0.5) is 5.69 Å². The largest absolute Gasteiger partial charge is 0.495 e. The van der Waals surface area contributed by atoms with Crippen LogP contribution in [0.1, 0.15) is 40.3 Å². The number of nitrogens with one attached hydrogen (secondary N) is 1. The first-order chi connectivity index (χ1) is 17.9. The number of aryl methyl sites for hydroxylation is 1. The number of nitro benzene ring substituents is 1. The summed E-state index contributed by atoms with van der Waals surface area (Å²) in [4.78, 5) is 18.0. The van der Waals surface area contributed by atoms with Gasteiger partial charge in [0.15, 0.2) is 5.11 Å². The third kappa shape index (κ3) is 4.53. The average Bonchev–Trinajstić information content (AvgIpc) is 3.39. The summed E-state index contributed by atoms with van der Waals surface area (Å²) in [5.74, 6) is 0.557. The van der Waals surface area contributed by atoms with Gasteiger partial charge in [0.1, 0.15) is 5.75 Å². The first-order valence-corrected chi connectivity index (χ1v) is 12.3. The molecule has 2 aromatic carbocycles. The number of rotatable bonds is 7. The summed E-state index contributed by atoms with van der Waals surface area (Å²) >= 11 is 5.84. The summed E-state index contributed by atoms with van der Waals surface area (Å²) < 4.78 is 7.60. The van der Waals surface area contributed by atoms with Crippen LogP contribution in [-0.2, 0) is 6.54 Å². The molecule has 8 nitrogen and oxygen atoms in total. The van der Waals surface area contributed by atoms with Gasteiger partial charge < -0.3 is 19.5 Å². The van der Waals surface area contributed by atoms with Gasteiger partial charge >= 0.3 is 0 Å². The zero-order valence-electron chi connectivity index (χ0n) is 20.8. The molecule has 0 radical (unpaired) electrons. The zero-order valence-corrected chi connectivity index (χ0v) is 21.6. The van der Waals surface area contributed by atoms with E-state index in [1.807, 2.05) is 54.8 Å². The van der Waals surface area contributed by atoms with Crippen molar-refractivity contribution in [1.82, 2.24) is 19.8 Å². The van der Waals surface area contributed by atoms with Crippen molar-refractivity contribution in [3.8, 4) is 11.4 Å². The van der Waals surface area contributed by atoms with Gasteiger partial charge in [-0.2, -0.15) is 0 Å². The van der Waals surface area contributed by atoms with E-state index in [2.05, 4.69) is 33.4 Å². The van der Waals surface area contributed by atoms with E-state index < -0.39 is 4.92 Å². The van der Waals surface area contributed by atoms with Crippen molar-refractivity contribution in [2.45, 2.75) is 32.5 Å². The van der Waals surface area contributed by atoms with Gasteiger partial charge in [-0.05, 0) is 61.5 Å². The number of hydrogen-bond donors (Lipinski definition) is 1. The maximum Gasteiger partial charge on any atom is 0.271 e. The minimum Gasteiger partial charge on any atom is -0.495 e. The molecule has 0 aliphatic carbocycles. The fourth-order valence-corrected chi connectivity index (χ4v) is 5.42. The molecule has 0 unspecified atom stereocenters. The van der Waals surface area contributed by atoms with Crippen LogP contribution in [0.15, 0.2) is 79.0 Å². The molecule has 1 aliphatic heterocycles. The Bertz CT molecular complexity index is 1460. The van der Waals surface area contributed by atoms with Gasteiger partial charge in [-0.25, -0.2) is 0 Å². The van der Waals surface area contributed by atoms with Crippen molar-refractivity contribution in [3.63, 3.8) is 0 Å². The fourth-order valence-electron chi connectivity index (χ4n) is 5.12. The number of aromatic nitrogens is 2. The molecule has 1 saturated heterocycles. The van der Waals surface area contributed by atoms with E-state index >= 15 is 0 Å². The summed E-state index contributed by atoms with van der Waals surface area (Å²) in [6.45, 7) is 4.65. The van der Waals surface area contributed by atoms with E-state index in [9.17, 15) is 10.1 Å². The molecule has 0 bridgehead atoms. The van der Waals surface area contributed by atoms with E-state index in [-0.39, 0.29) is 17.8 Å². The second-order valence-corrected chi connectivity index (χ2v) is 9.40. The molecule has 2 atom stereocenters. The van der Waals surface area contributed by atoms with Gasteiger partial charge in [-0.1, -0.05) is 36.4 Å². The number of non-ortho nitro benzene ring substituents is 1. The summed E-state index contributed by atoms with van der Waals surface area (Å²) in [6.07, 6.45) is 1.79. The molecule has 3 heterocycles. The molecule has 5 rings (SSSR count). The smallest absolute Gasteiger partial charge is 0.271 e. The topological polar surface area (TPSA) is 85.5 Å². The SMILES string of the molecule is COc1ccc([N+](=O)[O-])cc1-n1c(C)cc([C@H]2[C@H](c3ccccn3)NC(=S)N2Cc2ccccc2)c1C. The van der Waals surface area contributed by atoms with E-state index in [0.29, 0.717) is 23.1 Å². The Morgan fingerprint density at radius 2 is 1.84 bits per heavy atom. The van der Waals surface area contributed by atoms with Crippen LogP contribution in [0.5, 0.6) is 5.75 Å². The Balaban J connectivity index is 1.66. The maximum atomic E-state index is 11.5. The highest BCUT2D eigenvalue weighted by Crippen LogP contribution is 2.43. The van der Waals surface area contributed by atoms with Crippen LogP contribution < -0.4 is 10.1 Å². The van der Waals surface area contributed by atoms with Crippen LogP contribution in [-0.4, -0.2) is 31.6 Å². The van der Waals surface area contributed by atoms with Crippen molar-refractivity contribution >= 4 is 23.0 Å². The number of pyridine rings is 1. The van der Waals surface area contributed by atoms with Crippen LogP contribution in [0, 0.1) is 24.0 Å². The molecular formula is C28H27N5O3S. The molecule has 1 N–H and O–H groups in total. The molecule has 1 aliphatic rings. The lowest BCUT2D eigenvalue weighted by Crippen LogP contribution is -2.29. The van der Waals surface area contributed by atoms with E-state index in [4.69, 9.17) is 17.0 Å². The number of ether oxygens (including phenoxy) is 1. The molecule has 1 fully saturated rings. The average molecular weight is 514 g/mol. The Hall–Kier alpha value is -4.24. The monoisotopic (exact) mass is 513 g/mol. The first-order valence-electron chi connectivity index (χ1n) is 11.9. The van der Waals surface area contributed by atoms with Crippen LogP contribution in [0.2, 0.25) is 0 Å². The Morgan fingerprint density at radius 1 is 1.08 bits per heavy atom. The number of nitro groups is 1. The molecule has 188 valence electrons. The molecule has 0 saturated carbocycles. The van der Waals surface area contributed by atoms with Crippen molar-refractivity contribution in [2.24, 2.45) is 0 Å². The van der Waals surface area contributed by atoms with E-state index in [1.165, 1.54) is 6.07 Å². The minimum atomic E-state index is -0.393. The zero-order chi connectivity index (χ0) is 26.1. The van der Waals surface area contributed by atoms with Crippen molar-refractivity contribution in [3.05, 3.63) is 117 Å². The predicted molar refractivity (Wildman–Crippen MR) is 146 cm³/mol. The van der Waals surface area contributed by atoms with Crippen molar-refractivity contribution in [2.75, 3.05) is 7.11 Å². The Labute approximate surface area is 220 Å². The molecule has 2 aromatic heterocycles. The Morgan fingerprint density at radius 3 is 2.51 bits per heavy atom. The highest BCUT2D eigenvalue weighted by Gasteiger charge is 2.41. The van der Waals surface area contributed by atoms with Crippen molar-refractivity contribution in [1.29, 1.82) is 0 Å². The number of nitrogens with zero attached hydrogens (tertiary/aromatic N) is 4. The number of thiocarbonyl (C=S) groups is 1. The fraction of sp³-hybridized carbons (Fsp3) is 0.214. The van der Waals surface area contributed by atoms with Gasteiger partial charge in [-0.15, -0.1) is 0 Å². The summed E-state index contributed by atoms with van der Waals surface area (Å²) in [5, 5.41) is 15.7. The second-order valence-electron chi connectivity index (χ2n) is 9.02. The first kappa shape index (κ1) is 24.5. The second kappa shape index (κ2) is 10.0. The molecule has 0 spiro atoms. The standard InChI is InChI=1S/C28H27N5O3S/c1-18-15-22(19(2)32(18)24-16-21(33(34)35)12-13-25(24)36-3)27-26(23-11-7-8-14-29-23)30-28(37)31(27)17-20-9-5-4-6-10-20/h4-16,26-27H,17H2,1-3H3,(H,30,37)/t26-,27-/m0/s1. The molecule has 0 amide bonds. The summed E-state index contributed by atoms with van der Waals surface area (Å²) in [5.41, 5.74) is 5.61. The number of methoxy groups -OCH3 is 1. The van der Waals surface area contributed by atoms with Gasteiger partial charge in [0, 0.05) is 36.3 Å². The lowest BCUT2D eigenvalue weighted by molar-refractivity contribution is -0.384. The van der Waals surface area contributed by atoms with Gasteiger partial charge in [-0.3, -0.25) is 15.1 Å². The molecular weight excluding hydrogens is 486 g/mol. The quantitative estimate of drug-likeness (QED) is 0.196. The van der Waals surface area contributed by atoms with Gasteiger partial charge in [0.25, 0.3) is 5.69 Å². The summed E-state index contributed by atoms with van der Waals surface area (Å²) in [6, 6.07) is 22.5. The minimum absolute atomic E-state index is 0.00521. The molecule has 37 heavy (non-hydrogen) atoms. The highest BCUT2D eigenvalue weighted by atomic mass is 32.1. The highest BCUT2D eigenvalue weighted by molar-refractivity contribution is 7.80. The third-order valence-electron chi connectivity index (χ3n) is 6.80. The van der Waals surface area contributed by atoms with Crippen LogP contribution in [0.25, 0.3) is 5.69 Å². The van der Waals surface area contributed by atoms with E-state index in [0.717, 1.165) is 28.2 Å². The lowest BCUT2D eigenvalue weighted by Gasteiger charge is -2.28. The van der Waals surface area contributed by atoms with Crippen molar-refractivity contribution < 1.29 is 9.66 Å². The van der Waals surface area contributed by atoms with Crippen LogP contribution >= 0.6 is 12.2 Å². The molecule has 9 heteroatoms. The number of hydrogen-bond acceptors (Lipinski definition) is 5. The number of benzene rings is 2.